The normalized spacial score (nSPS) is 10.7. The minimum absolute atomic E-state index is 0. The fourth-order valence-electron chi connectivity index (χ4n) is 4.17. The molecule has 0 aliphatic heterocycles. The molecule has 0 unspecified atom stereocenters. The molecule has 0 saturated heterocycles. The van der Waals surface area contributed by atoms with E-state index in [0.29, 0.717) is 27.9 Å². The van der Waals surface area contributed by atoms with E-state index in [2.05, 4.69) is 12.1 Å². The average molecular weight is 487 g/mol. The molecule has 0 saturated carbocycles. The summed E-state index contributed by atoms with van der Waals surface area (Å²) in [5, 5.41) is 23.1. The number of fused-ring (bicyclic) bond motifs is 2. The number of hydrogen-bond donors (Lipinski definition) is 0. The maximum Gasteiger partial charge on any atom is 1.00 e. The summed E-state index contributed by atoms with van der Waals surface area (Å²) in [4.78, 5) is 18.1. The standard InChI is InChI=1S/C28H20N2O3S.Na/c1-16-11-12-23(33-15-19-8-4-3-7-18(19)14-29)25-21(28(31)32)13-22(30-26(16)25)27-17(2)20-9-5-6-10-24(20)34-27;/h3-13H,15H2,1-2H3,(H,31,32);/q;+1/p-1. The number of carboxylic acid groups (broad SMARTS) is 1. The van der Waals surface area contributed by atoms with Gasteiger partial charge in [0.1, 0.15) is 12.4 Å². The van der Waals surface area contributed by atoms with Gasteiger partial charge in [-0.25, -0.2) is 4.98 Å². The van der Waals surface area contributed by atoms with Gasteiger partial charge in [-0.3, -0.25) is 0 Å². The van der Waals surface area contributed by atoms with Gasteiger partial charge in [0.2, 0.25) is 0 Å². The molecule has 2 aromatic heterocycles. The number of aromatic nitrogens is 1. The van der Waals surface area contributed by atoms with Crippen molar-refractivity contribution in [1.82, 2.24) is 4.98 Å². The second-order valence-electron chi connectivity index (χ2n) is 8.06. The van der Waals surface area contributed by atoms with Gasteiger partial charge in [-0.15, -0.1) is 11.3 Å². The third kappa shape index (κ3) is 4.56. The SMILES string of the molecule is Cc1c(-c2cc(C(=O)[O-])c3c(OCc4ccccc4C#N)ccc(C)c3n2)sc2ccccc12.[Na+]. The first kappa shape index (κ1) is 24.9. The predicted octanol–water partition coefficient (Wildman–Crippen LogP) is 2.55. The number of aromatic carboxylic acids is 1. The number of carbonyl (C=O) groups excluding carboxylic acids is 1. The molecule has 166 valence electrons. The zero-order valence-corrected chi connectivity index (χ0v) is 22.4. The molecule has 5 nitrogen and oxygen atoms in total. The van der Waals surface area contributed by atoms with E-state index in [1.165, 1.54) is 0 Å². The molecule has 0 fully saturated rings. The Balaban J connectivity index is 0.00000289. The molecule has 0 spiro atoms. The number of ether oxygens (including phenoxy) is 1. The molecule has 0 bridgehead atoms. The van der Waals surface area contributed by atoms with Crippen molar-refractivity contribution in [2.24, 2.45) is 0 Å². The number of hydrogen-bond acceptors (Lipinski definition) is 6. The van der Waals surface area contributed by atoms with Crippen LogP contribution in [0.25, 0.3) is 31.6 Å². The van der Waals surface area contributed by atoms with E-state index >= 15 is 0 Å². The first-order valence-corrected chi connectivity index (χ1v) is 11.5. The van der Waals surface area contributed by atoms with Gasteiger partial charge < -0.3 is 14.6 Å². The summed E-state index contributed by atoms with van der Waals surface area (Å²) in [6.07, 6.45) is 0. The third-order valence-corrected chi connectivity index (χ3v) is 7.24. The molecule has 2 heterocycles. The second-order valence-corrected chi connectivity index (χ2v) is 9.11. The van der Waals surface area contributed by atoms with Crippen LogP contribution in [-0.2, 0) is 6.61 Å². The van der Waals surface area contributed by atoms with Gasteiger partial charge in [-0.1, -0.05) is 42.5 Å². The number of pyridine rings is 1. The molecule has 7 heteroatoms. The Morgan fingerprint density at radius 1 is 1.09 bits per heavy atom. The molecule has 3 aromatic carbocycles. The largest absolute Gasteiger partial charge is 1.00 e. The summed E-state index contributed by atoms with van der Waals surface area (Å²) in [6.45, 7) is 4.05. The topological polar surface area (TPSA) is 86.0 Å². The minimum atomic E-state index is -1.29. The quantitative estimate of drug-likeness (QED) is 0.357. The number of nitriles is 1. The number of carbonyl (C=O) groups is 1. The predicted molar refractivity (Wildman–Crippen MR) is 132 cm³/mol. The van der Waals surface area contributed by atoms with E-state index in [9.17, 15) is 15.2 Å². The fourth-order valence-corrected chi connectivity index (χ4v) is 5.34. The summed E-state index contributed by atoms with van der Waals surface area (Å²) >= 11 is 1.59. The summed E-state index contributed by atoms with van der Waals surface area (Å²) in [5.74, 6) is -0.903. The van der Waals surface area contributed by atoms with Crippen LogP contribution in [0.3, 0.4) is 0 Å². The van der Waals surface area contributed by atoms with Crippen LogP contribution in [0.4, 0.5) is 0 Å². The van der Waals surface area contributed by atoms with Crippen LogP contribution in [0.1, 0.15) is 32.6 Å². The first-order chi connectivity index (χ1) is 16.5. The van der Waals surface area contributed by atoms with Gasteiger partial charge in [0, 0.05) is 15.8 Å². The Hall–Kier alpha value is -3.21. The maximum absolute atomic E-state index is 12.3. The average Bonchev–Trinajstić information content (AvgIpc) is 3.20. The summed E-state index contributed by atoms with van der Waals surface area (Å²) in [6, 6.07) is 22.6. The van der Waals surface area contributed by atoms with E-state index in [1.54, 1.807) is 35.6 Å². The Kier molecular flexibility index (Phi) is 7.25. The number of thiophene rings is 1. The van der Waals surface area contributed by atoms with E-state index in [-0.39, 0.29) is 41.7 Å². The fraction of sp³-hybridized carbons (Fsp3) is 0.107. The van der Waals surface area contributed by atoms with Crippen LogP contribution in [0.15, 0.2) is 66.7 Å². The van der Waals surface area contributed by atoms with Crippen LogP contribution >= 0.6 is 11.3 Å². The number of aryl methyl sites for hydroxylation is 2. The third-order valence-electron chi connectivity index (χ3n) is 5.94. The Labute approximate surface area is 228 Å². The van der Waals surface area contributed by atoms with E-state index in [4.69, 9.17) is 9.72 Å². The Morgan fingerprint density at radius 3 is 2.57 bits per heavy atom. The van der Waals surface area contributed by atoms with Crippen molar-refractivity contribution in [3.63, 3.8) is 0 Å². The van der Waals surface area contributed by atoms with Crippen LogP contribution in [-0.4, -0.2) is 11.0 Å². The molecule has 0 N–H and O–H groups in total. The minimum Gasteiger partial charge on any atom is -0.545 e. The van der Waals surface area contributed by atoms with Crippen LogP contribution in [0.2, 0.25) is 0 Å². The van der Waals surface area contributed by atoms with Crippen LogP contribution in [0.5, 0.6) is 5.75 Å². The van der Waals surface area contributed by atoms with Crippen LogP contribution in [0, 0.1) is 25.2 Å². The number of rotatable bonds is 5. The first-order valence-electron chi connectivity index (χ1n) is 10.7. The van der Waals surface area contributed by atoms with Crippen molar-refractivity contribution in [2.75, 3.05) is 0 Å². The van der Waals surface area contributed by atoms with Crippen molar-refractivity contribution < 1.29 is 44.2 Å². The number of benzene rings is 3. The molecule has 5 aromatic rings. The van der Waals surface area contributed by atoms with Crippen molar-refractivity contribution in [3.8, 4) is 22.4 Å². The van der Waals surface area contributed by atoms with Gasteiger partial charge in [-0.05, 0) is 54.6 Å². The molecule has 5 rings (SSSR count). The van der Waals surface area contributed by atoms with E-state index in [0.717, 1.165) is 31.7 Å². The summed E-state index contributed by atoms with van der Waals surface area (Å²) < 4.78 is 7.15. The Bertz CT molecular complexity index is 1640. The molecule has 0 amide bonds. The molecule has 0 aliphatic rings. The molecule has 0 aliphatic carbocycles. The van der Waals surface area contributed by atoms with Crippen molar-refractivity contribution in [2.45, 2.75) is 20.5 Å². The zero-order chi connectivity index (χ0) is 23.8. The van der Waals surface area contributed by atoms with Gasteiger partial charge in [-0.2, -0.15) is 5.26 Å². The van der Waals surface area contributed by atoms with Gasteiger partial charge >= 0.3 is 29.6 Å². The van der Waals surface area contributed by atoms with Gasteiger partial charge in [0.25, 0.3) is 0 Å². The smallest absolute Gasteiger partial charge is 0.545 e. The summed E-state index contributed by atoms with van der Waals surface area (Å²) in [7, 11) is 0. The van der Waals surface area contributed by atoms with Crippen LogP contribution < -0.4 is 39.4 Å². The molecule has 35 heavy (non-hydrogen) atoms. The monoisotopic (exact) mass is 486 g/mol. The second kappa shape index (κ2) is 10.2. The van der Waals surface area contributed by atoms with Crippen molar-refractivity contribution in [1.29, 1.82) is 5.26 Å². The van der Waals surface area contributed by atoms with Gasteiger partial charge in [0.15, 0.2) is 0 Å². The van der Waals surface area contributed by atoms with E-state index in [1.807, 2.05) is 50.2 Å². The molecular formula is C28H19N2NaO3S. The zero-order valence-electron chi connectivity index (χ0n) is 19.6. The Morgan fingerprint density at radius 2 is 1.83 bits per heavy atom. The van der Waals surface area contributed by atoms with Gasteiger partial charge in [0.05, 0.1) is 39.1 Å². The number of carboxylic acids is 1. The van der Waals surface area contributed by atoms with E-state index < -0.39 is 5.97 Å². The maximum atomic E-state index is 12.3. The molecule has 0 radical (unpaired) electrons. The van der Waals surface area contributed by atoms with Crippen molar-refractivity contribution >= 4 is 38.3 Å². The molecule has 0 atom stereocenters. The number of nitrogens with zero attached hydrogens (tertiary/aromatic N) is 2. The molecular weight excluding hydrogens is 467 g/mol. The summed E-state index contributed by atoms with van der Waals surface area (Å²) in [5.41, 5.74) is 4.32. The van der Waals surface area contributed by atoms with Crippen molar-refractivity contribution in [3.05, 3.63) is 94.5 Å².